The molecule has 0 aliphatic heterocycles. The van der Waals surface area contributed by atoms with Crippen molar-refractivity contribution in [3.05, 3.63) is 88.5 Å². The molecule has 132 valence electrons. The summed E-state index contributed by atoms with van der Waals surface area (Å²) in [5.74, 6) is -0.441. The fourth-order valence-corrected chi connectivity index (χ4v) is 3.15. The SMILES string of the molecule is O=C(COC(=O)/C=C/c1ccco1)N[C@@H](c1ccccc1)c1cccs1. The molecule has 0 spiro atoms. The van der Waals surface area contributed by atoms with Crippen molar-refractivity contribution in [3.8, 4) is 0 Å². The minimum absolute atomic E-state index is 0.277. The lowest BCUT2D eigenvalue weighted by molar-refractivity contribution is -0.143. The van der Waals surface area contributed by atoms with Crippen LogP contribution in [0.2, 0.25) is 0 Å². The second-order valence-electron chi connectivity index (χ2n) is 5.38. The average molecular weight is 367 g/mol. The molecule has 0 radical (unpaired) electrons. The molecule has 5 nitrogen and oxygen atoms in total. The first-order valence-corrected chi connectivity index (χ1v) is 8.86. The van der Waals surface area contributed by atoms with Gasteiger partial charge < -0.3 is 14.5 Å². The van der Waals surface area contributed by atoms with Crippen molar-refractivity contribution in [1.29, 1.82) is 0 Å². The topological polar surface area (TPSA) is 68.5 Å². The van der Waals surface area contributed by atoms with Crippen LogP contribution in [0.5, 0.6) is 0 Å². The van der Waals surface area contributed by atoms with Gasteiger partial charge in [-0.1, -0.05) is 36.4 Å². The van der Waals surface area contributed by atoms with E-state index in [2.05, 4.69) is 5.32 Å². The highest BCUT2D eigenvalue weighted by Gasteiger charge is 2.18. The number of hydrogen-bond acceptors (Lipinski definition) is 5. The van der Waals surface area contributed by atoms with Crippen LogP contribution in [0.1, 0.15) is 22.2 Å². The zero-order valence-electron chi connectivity index (χ0n) is 13.8. The Hall–Kier alpha value is -3.12. The van der Waals surface area contributed by atoms with E-state index in [1.54, 1.807) is 23.5 Å². The Morgan fingerprint density at radius 2 is 1.96 bits per heavy atom. The normalized spacial score (nSPS) is 12.0. The summed E-state index contributed by atoms with van der Waals surface area (Å²) in [6.45, 7) is -0.351. The number of ether oxygens (including phenoxy) is 1. The van der Waals surface area contributed by atoms with Crippen molar-refractivity contribution in [2.45, 2.75) is 6.04 Å². The smallest absolute Gasteiger partial charge is 0.331 e. The Kier molecular flexibility index (Phi) is 6.01. The second-order valence-corrected chi connectivity index (χ2v) is 6.36. The van der Waals surface area contributed by atoms with Crippen molar-refractivity contribution in [3.63, 3.8) is 0 Å². The van der Waals surface area contributed by atoms with Crippen molar-refractivity contribution >= 4 is 29.3 Å². The molecule has 1 N–H and O–H groups in total. The first kappa shape index (κ1) is 17.7. The zero-order valence-corrected chi connectivity index (χ0v) is 14.6. The standard InChI is InChI=1S/C20H17NO4S/c22-18(14-25-19(23)11-10-16-8-4-12-24-16)21-20(17-9-5-13-26-17)15-6-2-1-3-7-15/h1-13,20H,14H2,(H,21,22)/b11-10+/t20-/m0/s1. The van der Waals surface area contributed by atoms with E-state index in [0.717, 1.165) is 10.4 Å². The lowest BCUT2D eigenvalue weighted by Gasteiger charge is -2.18. The van der Waals surface area contributed by atoms with E-state index in [4.69, 9.17) is 9.15 Å². The van der Waals surface area contributed by atoms with E-state index in [-0.39, 0.29) is 18.6 Å². The number of benzene rings is 1. The Bertz CT molecular complexity index is 855. The second kappa shape index (κ2) is 8.82. The minimum Gasteiger partial charge on any atom is -0.465 e. The van der Waals surface area contributed by atoms with Crippen LogP contribution in [-0.2, 0) is 14.3 Å². The van der Waals surface area contributed by atoms with Gasteiger partial charge in [-0.15, -0.1) is 11.3 Å². The van der Waals surface area contributed by atoms with Crippen molar-refractivity contribution in [1.82, 2.24) is 5.32 Å². The summed E-state index contributed by atoms with van der Waals surface area (Å²) in [6, 6.07) is 16.7. The van der Waals surface area contributed by atoms with E-state index < -0.39 is 5.97 Å². The lowest BCUT2D eigenvalue weighted by atomic mass is 10.1. The number of carbonyl (C=O) groups excluding carboxylic acids is 2. The van der Waals surface area contributed by atoms with Gasteiger partial charge in [0.25, 0.3) is 5.91 Å². The van der Waals surface area contributed by atoms with Gasteiger partial charge in [-0.3, -0.25) is 4.79 Å². The quantitative estimate of drug-likeness (QED) is 0.509. The molecule has 1 amide bonds. The fraction of sp³-hybridized carbons (Fsp3) is 0.100. The number of carbonyl (C=O) groups is 2. The monoisotopic (exact) mass is 367 g/mol. The highest BCUT2D eigenvalue weighted by molar-refractivity contribution is 7.10. The van der Waals surface area contributed by atoms with Crippen LogP contribution in [-0.4, -0.2) is 18.5 Å². The number of furan rings is 1. The summed E-state index contributed by atoms with van der Waals surface area (Å²) in [6.07, 6.45) is 4.21. The average Bonchev–Trinajstić information content (AvgIpc) is 3.37. The van der Waals surface area contributed by atoms with E-state index >= 15 is 0 Å². The summed E-state index contributed by atoms with van der Waals surface area (Å²) in [5.41, 5.74) is 0.965. The molecule has 0 aliphatic carbocycles. The highest BCUT2D eigenvalue weighted by Crippen LogP contribution is 2.25. The number of esters is 1. The third-order valence-corrected chi connectivity index (χ3v) is 4.48. The Morgan fingerprint density at radius 3 is 2.65 bits per heavy atom. The Balaban J connectivity index is 1.57. The maximum atomic E-state index is 12.2. The number of nitrogens with one attached hydrogen (secondary N) is 1. The van der Waals surface area contributed by atoms with Gasteiger partial charge in [0.05, 0.1) is 12.3 Å². The van der Waals surface area contributed by atoms with Crippen molar-refractivity contribution < 1.29 is 18.7 Å². The number of thiophene rings is 1. The molecule has 2 aromatic heterocycles. The van der Waals surface area contributed by atoms with Crippen molar-refractivity contribution in [2.24, 2.45) is 0 Å². The Labute approximate surface area is 154 Å². The van der Waals surface area contributed by atoms with Crippen LogP contribution in [0.3, 0.4) is 0 Å². The van der Waals surface area contributed by atoms with E-state index in [0.29, 0.717) is 5.76 Å². The molecule has 6 heteroatoms. The molecule has 0 fully saturated rings. The van der Waals surface area contributed by atoms with Gasteiger partial charge in [-0.2, -0.15) is 0 Å². The molecule has 0 unspecified atom stereocenters. The van der Waals surface area contributed by atoms with Gasteiger partial charge in [0, 0.05) is 11.0 Å². The van der Waals surface area contributed by atoms with E-state index in [9.17, 15) is 9.59 Å². The zero-order chi connectivity index (χ0) is 18.2. The van der Waals surface area contributed by atoms with Crippen LogP contribution in [0, 0.1) is 0 Å². The maximum Gasteiger partial charge on any atom is 0.331 e. The molecule has 0 saturated heterocycles. The molecule has 0 saturated carbocycles. The Morgan fingerprint density at radius 1 is 1.12 bits per heavy atom. The molecule has 3 rings (SSSR count). The molecule has 26 heavy (non-hydrogen) atoms. The largest absolute Gasteiger partial charge is 0.465 e. The van der Waals surface area contributed by atoms with Gasteiger partial charge in [0.2, 0.25) is 0 Å². The van der Waals surface area contributed by atoms with Crippen LogP contribution < -0.4 is 5.32 Å². The number of hydrogen-bond donors (Lipinski definition) is 1. The molecule has 1 aromatic carbocycles. The van der Waals surface area contributed by atoms with Gasteiger partial charge in [-0.25, -0.2) is 4.79 Å². The summed E-state index contributed by atoms with van der Waals surface area (Å²) in [4.78, 5) is 24.9. The molecule has 0 bridgehead atoms. The third-order valence-electron chi connectivity index (χ3n) is 3.54. The van der Waals surface area contributed by atoms with Crippen LogP contribution in [0.15, 0.2) is 76.7 Å². The minimum atomic E-state index is -0.607. The molecule has 3 aromatic rings. The summed E-state index contributed by atoms with van der Waals surface area (Å²) in [5, 5.41) is 4.87. The molecular formula is C20H17NO4S. The molecule has 1 atom stereocenters. The third kappa shape index (κ3) is 4.94. The van der Waals surface area contributed by atoms with Crippen molar-refractivity contribution in [2.75, 3.05) is 6.61 Å². The lowest BCUT2D eigenvalue weighted by Crippen LogP contribution is -2.32. The van der Waals surface area contributed by atoms with Crippen LogP contribution >= 0.6 is 11.3 Å². The fourth-order valence-electron chi connectivity index (χ4n) is 2.34. The summed E-state index contributed by atoms with van der Waals surface area (Å²) < 4.78 is 10.1. The maximum absolute atomic E-state index is 12.2. The van der Waals surface area contributed by atoms with Gasteiger partial charge in [-0.05, 0) is 35.2 Å². The molecular weight excluding hydrogens is 350 g/mol. The predicted octanol–water partition coefficient (Wildman–Crippen LogP) is 3.80. The number of amides is 1. The first-order chi connectivity index (χ1) is 12.7. The summed E-state index contributed by atoms with van der Waals surface area (Å²) >= 11 is 1.55. The van der Waals surface area contributed by atoms with Gasteiger partial charge >= 0.3 is 5.97 Å². The number of rotatable bonds is 7. The highest BCUT2D eigenvalue weighted by atomic mass is 32.1. The summed E-state index contributed by atoms with van der Waals surface area (Å²) in [7, 11) is 0. The van der Waals surface area contributed by atoms with Gasteiger partial charge in [0.1, 0.15) is 5.76 Å². The van der Waals surface area contributed by atoms with Crippen LogP contribution in [0.25, 0.3) is 6.08 Å². The molecule has 2 heterocycles. The van der Waals surface area contributed by atoms with E-state index in [1.165, 1.54) is 18.4 Å². The predicted molar refractivity (Wildman–Crippen MR) is 99.4 cm³/mol. The molecule has 0 aliphatic rings. The van der Waals surface area contributed by atoms with E-state index in [1.807, 2.05) is 47.8 Å². The van der Waals surface area contributed by atoms with Gasteiger partial charge in [0.15, 0.2) is 6.61 Å². The first-order valence-electron chi connectivity index (χ1n) is 7.98. The van der Waals surface area contributed by atoms with Crippen LogP contribution in [0.4, 0.5) is 0 Å².